The number of carbonyl (C=O) groups excluding carboxylic acids is 1. The number of fused-ring (bicyclic) bond motifs is 1. The number of benzene rings is 3. The second-order valence-corrected chi connectivity index (χ2v) is 9.18. The van der Waals surface area contributed by atoms with Crippen molar-refractivity contribution < 1.29 is 13.2 Å². The van der Waals surface area contributed by atoms with Gasteiger partial charge in [-0.2, -0.15) is 0 Å². The van der Waals surface area contributed by atoms with Crippen molar-refractivity contribution in [3.05, 3.63) is 87.8 Å². The summed E-state index contributed by atoms with van der Waals surface area (Å²) in [6.45, 7) is 0. The third-order valence-corrected chi connectivity index (χ3v) is 6.72. The van der Waals surface area contributed by atoms with Gasteiger partial charge in [-0.3, -0.25) is 9.10 Å². The van der Waals surface area contributed by atoms with Crippen LogP contribution in [0, 0.1) is 0 Å². The van der Waals surface area contributed by atoms with Gasteiger partial charge in [0.25, 0.3) is 15.9 Å². The molecule has 0 atom stereocenters. The average Bonchev–Trinajstić information content (AvgIpc) is 3.12. The van der Waals surface area contributed by atoms with Gasteiger partial charge in [-0.25, -0.2) is 13.2 Å². The molecule has 0 fully saturated rings. The number of aromatic nitrogens is 2. The minimum absolute atomic E-state index is 0.0342. The van der Waals surface area contributed by atoms with Gasteiger partial charge in [0, 0.05) is 23.3 Å². The number of amides is 1. The van der Waals surface area contributed by atoms with Crippen LogP contribution in [0.1, 0.15) is 10.4 Å². The number of rotatable bonds is 5. The van der Waals surface area contributed by atoms with E-state index >= 15 is 0 Å². The summed E-state index contributed by atoms with van der Waals surface area (Å²) in [4.78, 5) is 29.3. The van der Waals surface area contributed by atoms with Gasteiger partial charge >= 0.3 is 5.69 Å². The third-order valence-electron chi connectivity index (χ3n) is 4.70. The fraction of sp³-hybridized carbons (Fsp3) is 0.0476. The van der Waals surface area contributed by atoms with E-state index in [1.54, 1.807) is 36.4 Å². The molecule has 158 valence electrons. The molecule has 1 aromatic heterocycles. The molecule has 1 heterocycles. The van der Waals surface area contributed by atoms with Crippen LogP contribution in [-0.4, -0.2) is 31.3 Å². The van der Waals surface area contributed by atoms with Gasteiger partial charge in [0.2, 0.25) is 0 Å². The normalized spacial score (nSPS) is 11.4. The fourth-order valence-electron chi connectivity index (χ4n) is 3.08. The minimum Gasteiger partial charge on any atom is -0.322 e. The first-order chi connectivity index (χ1) is 14.7. The molecule has 0 aliphatic heterocycles. The summed E-state index contributed by atoms with van der Waals surface area (Å²) in [5.41, 5.74) is 1.83. The zero-order valence-electron chi connectivity index (χ0n) is 16.2. The Morgan fingerprint density at radius 1 is 0.968 bits per heavy atom. The van der Waals surface area contributed by atoms with Crippen molar-refractivity contribution in [2.24, 2.45) is 0 Å². The van der Waals surface area contributed by atoms with Gasteiger partial charge in [0.05, 0.1) is 21.6 Å². The second kappa shape index (κ2) is 7.93. The number of sulfonamides is 1. The van der Waals surface area contributed by atoms with E-state index in [9.17, 15) is 18.0 Å². The first kappa shape index (κ1) is 20.7. The zero-order valence-corrected chi connectivity index (χ0v) is 17.8. The summed E-state index contributed by atoms with van der Waals surface area (Å²) >= 11 is 5.97. The molecule has 0 radical (unpaired) electrons. The third kappa shape index (κ3) is 4.18. The average molecular weight is 457 g/mol. The largest absolute Gasteiger partial charge is 0.323 e. The fourth-order valence-corrected chi connectivity index (χ4v) is 4.50. The van der Waals surface area contributed by atoms with Crippen LogP contribution in [0.5, 0.6) is 0 Å². The second-order valence-electron chi connectivity index (χ2n) is 6.77. The Morgan fingerprint density at radius 3 is 2.48 bits per heavy atom. The van der Waals surface area contributed by atoms with Crippen molar-refractivity contribution in [1.82, 2.24) is 9.97 Å². The quantitative estimate of drug-likeness (QED) is 0.425. The molecule has 3 aromatic carbocycles. The van der Waals surface area contributed by atoms with Crippen molar-refractivity contribution in [2.45, 2.75) is 4.90 Å². The number of nitrogens with zero attached hydrogens (tertiary/aromatic N) is 1. The van der Waals surface area contributed by atoms with Crippen molar-refractivity contribution in [3.8, 4) is 0 Å². The Balaban J connectivity index is 1.60. The molecule has 0 unspecified atom stereocenters. The van der Waals surface area contributed by atoms with Crippen molar-refractivity contribution >= 4 is 49.9 Å². The topological polar surface area (TPSA) is 115 Å². The van der Waals surface area contributed by atoms with E-state index in [0.717, 1.165) is 4.31 Å². The van der Waals surface area contributed by atoms with Crippen LogP contribution in [0.3, 0.4) is 0 Å². The van der Waals surface area contributed by atoms with Gasteiger partial charge in [-0.05, 0) is 54.6 Å². The first-order valence-corrected chi connectivity index (χ1v) is 10.9. The lowest BCUT2D eigenvalue weighted by molar-refractivity contribution is 0.102. The predicted molar refractivity (Wildman–Crippen MR) is 120 cm³/mol. The lowest BCUT2D eigenvalue weighted by Crippen LogP contribution is -2.26. The SMILES string of the molecule is CN(c1cccc(Cl)c1)S(=O)(=O)c1cccc(C(=O)Nc2ccc3[nH]c(=O)[nH]c3c2)c1. The molecule has 4 aromatic rings. The number of carbonyl (C=O) groups is 1. The van der Waals surface area contributed by atoms with Crippen LogP contribution in [0.25, 0.3) is 11.0 Å². The van der Waals surface area contributed by atoms with E-state index < -0.39 is 15.9 Å². The lowest BCUT2D eigenvalue weighted by Gasteiger charge is -2.20. The van der Waals surface area contributed by atoms with Crippen LogP contribution >= 0.6 is 11.6 Å². The number of aromatic amines is 2. The highest BCUT2D eigenvalue weighted by molar-refractivity contribution is 7.92. The maximum Gasteiger partial charge on any atom is 0.323 e. The van der Waals surface area contributed by atoms with E-state index in [4.69, 9.17) is 11.6 Å². The zero-order chi connectivity index (χ0) is 22.2. The summed E-state index contributed by atoms with van der Waals surface area (Å²) in [5.74, 6) is -0.486. The van der Waals surface area contributed by atoms with Crippen LogP contribution in [-0.2, 0) is 10.0 Å². The molecule has 0 aliphatic rings. The minimum atomic E-state index is -3.91. The molecule has 10 heteroatoms. The molecule has 0 saturated carbocycles. The Kier molecular flexibility index (Phi) is 5.30. The van der Waals surface area contributed by atoms with Gasteiger partial charge in [0.15, 0.2) is 0 Å². The van der Waals surface area contributed by atoms with Gasteiger partial charge in [-0.15, -0.1) is 0 Å². The molecular formula is C21H17ClN4O4S. The molecule has 31 heavy (non-hydrogen) atoms. The predicted octanol–water partition coefficient (Wildman–Crippen LogP) is 3.59. The molecule has 3 N–H and O–H groups in total. The van der Waals surface area contributed by atoms with Gasteiger partial charge < -0.3 is 15.3 Å². The first-order valence-electron chi connectivity index (χ1n) is 9.12. The molecule has 1 amide bonds. The number of nitrogens with one attached hydrogen (secondary N) is 3. The number of imidazole rings is 1. The lowest BCUT2D eigenvalue weighted by atomic mass is 10.2. The van der Waals surface area contributed by atoms with Crippen molar-refractivity contribution in [3.63, 3.8) is 0 Å². The van der Waals surface area contributed by atoms with Crippen molar-refractivity contribution in [2.75, 3.05) is 16.7 Å². The molecule has 8 nitrogen and oxygen atoms in total. The summed E-state index contributed by atoms with van der Waals surface area (Å²) in [6, 6.07) is 17.1. The van der Waals surface area contributed by atoms with E-state index in [-0.39, 0.29) is 16.1 Å². The van der Waals surface area contributed by atoms with E-state index in [0.29, 0.717) is 27.4 Å². The summed E-state index contributed by atoms with van der Waals surface area (Å²) < 4.78 is 27.2. The van der Waals surface area contributed by atoms with E-state index in [1.807, 2.05) is 0 Å². The molecule has 0 spiro atoms. The maximum atomic E-state index is 13.0. The van der Waals surface area contributed by atoms with Crippen LogP contribution < -0.4 is 15.3 Å². The number of anilines is 2. The Bertz CT molecular complexity index is 1460. The van der Waals surface area contributed by atoms with Gasteiger partial charge in [-0.1, -0.05) is 23.7 Å². The smallest absolute Gasteiger partial charge is 0.322 e. The Labute approximate surface area is 182 Å². The number of hydrogen-bond donors (Lipinski definition) is 3. The molecular weight excluding hydrogens is 440 g/mol. The van der Waals surface area contributed by atoms with E-state index in [1.165, 1.54) is 37.4 Å². The number of H-pyrrole nitrogens is 2. The van der Waals surface area contributed by atoms with E-state index in [2.05, 4.69) is 15.3 Å². The molecule has 4 rings (SSSR count). The standard InChI is InChI=1S/C21H17ClN4O4S/c1-26(16-6-3-5-14(22)11-16)31(29,30)17-7-2-4-13(10-17)20(27)23-15-8-9-18-19(12-15)25-21(28)24-18/h2-12H,1H3,(H,23,27)(H2,24,25,28). The highest BCUT2D eigenvalue weighted by Crippen LogP contribution is 2.25. The summed E-state index contributed by atoms with van der Waals surface area (Å²) in [5, 5.41) is 3.12. The highest BCUT2D eigenvalue weighted by atomic mass is 35.5. The molecule has 0 aliphatic carbocycles. The number of hydrogen-bond acceptors (Lipinski definition) is 4. The van der Waals surface area contributed by atoms with Crippen LogP contribution in [0.2, 0.25) is 5.02 Å². The molecule has 0 bridgehead atoms. The molecule has 0 saturated heterocycles. The monoisotopic (exact) mass is 456 g/mol. The summed E-state index contributed by atoms with van der Waals surface area (Å²) in [6.07, 6.45) is 0. The Morgan fingerprint density at radius 2 is 1.71 bits per heavy atom. The number of halogens is 1. The Hall–Kier alpha value is -3.56. The van der Waals surface area contributed by atoms with Gasteiger partial charge in [0.1, 0.15) is 0 Å². The highest BCUT2D eigenvalue weighted by Gasteiger charge is 2.22. The summed E-state index contributed by atoms with van der Waals surface area (Å²) in [7, 11) is -2.50. The van der Waals surface area contributed by atoms with Crippen molar-refractivity contribution in [1.29, 1.82) is 0 Å². The maximum absolute atomic E-state index is 13.0. The van der Waals surface area contributed by atoms with Crippen LogP contribution in [0.15, 0.2) is 76.4 Å². The van der Waals surface area contributed by atoms with Crippen LogP contribution in [0.4, 0.5) is 11.4 Å².